The molecule has 0 aromatic carbocycles. The minimum Gasteiger partial charge on any atom is -0.307 e. The van der Waals surface area contributed by atoms with E-state index < -0.39 is 0 Å². The van der Waals surface area contributed by atoms with Gasteiger partial charge in [0.2, 0.25) is 0 Å². The van der Waals surface area contributed by atoms with Crippen LogP contribution in [0.1, 0.15) is 72.1 Å². The third-order valence-electron chi connectivity index (χ3n) is 7.50. The van der Waals surface area contributed by atoms with Crippen molar-refractivity contribution in [3.63, 3.8) is 0 Å². The molecule has 0 aliphatic heterocycles. The number of ketones is 2. The standard InChI is InChI=1S/C22H28O2.CH2O/c1-4-20(24)22-12-10-18-17(19(22)8-5-14(22)2)7-6-15-13-16(23)9-11-21(15,18)3;1-2/h8,13-14H,4-7,9-12H2,1-3H3;1H2. The van der Waals surface area contributed by atoms with Crippen molar-refractivity contribution in [2.24, 2.45) is 16.7 Å². The van der Waals surface area contributed by atoms with E-state index in [2.05, 4.69) is 19.9 Å². The summed E-state index contributed by atoms with van der Waals surface area (Å²) in [6, 6.07) is 0. The fourth-order valence-corrected chi connectivity index (χ4v) is 6.04. The van der Waals surface area contributed by atoms with Crippen LogP contribution in [0, 0.1) is 16.7 Å². The molecule has 0 aromatic heterocycles. The summed E-state index contributed by atoms with van der Waals surface area (Å²) in [7, 11) is 0. The molecule has 140 valence electrons. The number of allylic oxidation sites excluding steroid dienone is 6. The summed E-state index contributed by atoms with van der Waals surface area (Å²) in [4.78, 5) is 32.8. The maximum atomic E-state index is 12.9. The van der Waals surface area contributed by atoms with Gasteiger partial charge in [-0.05, 0) is 61.7 Å². The van der Waals surface area contributed by atoms with Crippen LogP contribution >= 0.6 is 0 Å². The monoisotopic (exact) mass is 354 g/mol. The number of fused-ring (bicyclic) bond motifs is 4. The first kappa shape index (κ1) is 19.0. The second-order valence-electron chi connectivity index (χ2n) is 8.43. The molecule has 0 radical (unpaired) electrons. The number of hydrogen-bond donors (Lipinski definition) is 0. The Morgan fingerprint density at radius 3 is 2.62 bits per heavy atom. The number of hydrogen-bond acceptors (Lipinski definition) is 3. The van der Waals surface area contributed by atoms with Gasteiger partial charge >= 0.3 is 0 Å². The molecule has 0 amide bonds. The van der Waals surface area contributed by atoms with Gasteiger partial charge in [0.15, 0.2) is 5.78 Å². The zero-order chi connectivity index (χ0) is 19.1. The predicted molar refractivity (Wildman–Crippen MR) is 103 cm³/mol. The molecule has 26 heavy (non-hydrogen) atoms. The quantitative estimate of drug-likeness (QED) is 0.708. The van der Waals surface area contributed by atoms with Crippen molar-refractivity contribution in [3.8, 4) is 0 Å². The zero-order valence-corrected chi connectivity index (χ0v) is 16.3. The molecule has 0 bridgehead atoms. The Labute approximate surface area is 156 Å². The summed E-state index contributed by atoms with van der Waals surface area (Å²) in [5.41, 5.74) is 5.61. The van der Waals surface area contributed by atoms with E-state index >= 15 is 0 Å². The second kappa shape index (κ2) is 6.75. The Balaban J connectivity index is 0.000000948. The van der Waals surface area contributed by atoms with Gasteiger partial charge in [-0.15, -0.1) is 0 Å². The fourth-order valence-electron chi connectivity index (χ4n) is 6.04. The number of Topliss-reactive ketones (excluding diaryl/α,β-unsaturated/α-hetero) is 1. The Morgan fingerprint density at radius 2 is 1.92 bits per heavy atom. The molecule has 3 unspecified atom stereocenters. The first-order valence-electron chi connectivity index (χ1n) is 9.93. The summed E-state index contributed by atoms with van der Waals surface area (Å²) >= 11 is 0. The molecule has 3 nitrogen and oxygen atoms in total. The number of rotatable bonds is 2. The van der Waals surface area contributed by atoms with E-state index in [1.807, 2.05) is 19.8 Å². The van der Waals surface area contributed by atoms with Gasteiger partial charge in [-0.1, -0.05) is 38.0 Å². The van der Waals surface area contributed by atoms with Crippen LogP contribution in [0.2, 0.25) is 0 Å². The van der Waals surface area contributed by atoms with Crippen LogP contribution in [0.5, 0.6) is 0 Å². The summed E-state index contributed by atoms with van der Waals surface area (Å²) < 4.78 is 0. The van der Waals surface area contributed by atoms with Crippen molar-refractivity contribution in [2.45, 2.75) is 72.1 Å². The molecule has 3 heteroatoms. The average molecular weight is 354 g/mol. The molecule has 0 heterocycles. The molecule has 0 spiro atoms. The lowest BCUT2D eigenvalue weighted by molar-refractivity contribution is -0.129. The molecule has 0 aromatic rings. The molecule has 0 N–H and O–H groups in total. The average Bonchev–Trinajstić information content (AvgIpc) is 3.01. The predicted octanol–water partition coefficient (Wildman–Crippen LogP) is 4.91. The lowest BCUT2D eigenvalue weighted by Crippen LogP contribution is -2.42. The summed E-state index contributed by atoms with van der Waals surface area (Å²) in [5.74, 6) is 1.17. The molecule has 4 aliphatic carbocycles. The van der Waals surface area contributed by atoms with E-state index in [4.69, 9.17) is 4.79 Å². The fraction of sp³-hybridized carbons (Fsp3) is 0.609. The lowest BCUT2D eigenvalue weighted by Gasteiger charge is -2.49. The lowest BCUT2D eigenvalue weighted by atomic mass is 9.53. The molecule has 4 aliphatic rings. The SMILES string of the molecule is C=O.CCC(=O)C12CCC3=C(CCC4=CC(=O)CCC43C)C1=CCC2C. The molecular formula is C23H30O3. The maximum Gasteiger partial charge on any atom is 0.155 e. The first-order valence-corrected chi connectivity index (χ1v) is 9.93. The van der Waals surface area contributed by atoms with Crippen molar-refractivity contribution in [3.05, 3.63) is 34.4 Å². The minimum absolute atomic E-state index is 0.0651. The van der Waals surface area contributed by atoms with Gasteiger partial charge < -0.3 is 4.79 Å². The topological polar surface area (TPSA) is 51.2 Å². The van der Waals surface area contributed by atoms with Crippen molar-refractivity contribution in [1.82, 2.24) is 0 Å². The first-order chi connectivity index (χ1) is 12.4. The van der Waals surface area contributed by atoms with E-state index in [-0.39, 0.29) is 10.8 Å². The highest BCUT2D eigenvalue weighted by atomic mass is 16.1. The molecule has 3 atom stereocenters. The Morgan fingerprint density at radius 1 is 1.19 bits per heavy atom. The molecule has 4 rings (SSSR count). The van der Waals surface area contributed by atoms with Gasteiger partial charge in [-0.25, -0.2) is 0 Å². The second-order valence-corrected chi connectivity index (χ2v) is 8.43. The highest BCUT2D eigenvalue weighted by Crippen LogP contribution is 2.62. The largest absolute Gasteiger partial charge is 0.307 e. The summed E-state index contributed by atoms with van der Waals surface area (Å²) in [6.07, 6.45) is 11.6. The third-order valence-corrected chi connectivity index (χ3v) is 7.50. The van der Waals surface area contributed by atoms with Crippen LogP contribution in [-0.2, 0) is 14.4 Å². The number of carbonyl (C=O) groups excluding carboxylic acids is 3. The van der Waals surface area contributed by atoms with Crippen LogP contribution in [0.4, 0.5) is 0 Å². The normalized spacial score (nSPS) is 35.3. The Bertz CT molecular complexity index is 739. The van der Waals surface area contributed by atoms with Gasteiger partial charge in [0.25, 0.3) is 0 Å². The zero-order valence-electron chi connectivity index (χ0n) is 16.3. The van der Waals surface area contributed by atoms with Crippen LogP contribution in [0.15, 0.2) is 34.4 Å². The minimum atomic E-state index is -0.213. The molecule has 0 saturated carbocycles. The van der Waals surface area contributed by atoms with Gasteiger partial charge in [0.05, 0.1) is 5.41 Å². The van der Waals surface area contributed by atoms with Crippen molar-refractivity contribution in [2.75, 3.05) is 0 Å². The highest BCUT2D eigenvalue weighted by molar-refractivity contribution is 5.93. The van der Waals surface area contributed by atoms with Crippen molar-refractivity contribution in [1.29, 1.82) is 0 Å². The van der Waals surface area contributed by atoms with Gasteiger partial charge in [-0.2, -0.15) is 0 Å². The van der Waals surface area contributed by atoms with Crippen LogP contribution in [0.25, 0.3) is 0 Å². The summed E-state index contributed by atoms with van der Waals surface area (Å²) in [5, 5.41) is 0. The van der Waals surface area contributed by atoms with Gasteiger partial charge in [-0.3, -0.25) is 9.59 Å². The van der Waals surface area contributed by atoms with Crippen LogP contribution < -0.4 is 0 Å². The van der Waals surface area contributed by atoms with Gasteiger partial charge in [0, 0.05) is 18.3 Å². The van der Waals surface area contributed by atoms with Crippen LogP contribution in [-0.4, -0.2) is 18.4 Å². The van der Waals surface area contributed by atoms with Crippen LogP contribution in [0.3, 0.4) is 0 Å². The van der Waals surface area contributed by atoms with E-state index in [1.165, 1.54) is 16.7 Å². The van der Waals surface area contributed by atoms with E-state index in [1.54, 1.807) is 5.57 Å². The molecule has 0 fully saturated rings. The highest BCUT2D eigenvalue weighted by Gasteiger charge is 2.54. The smallest absolute Gasteiger partial charge is 0.155 e. The summed E-state index contributed by atoms with van der Waals surface area (Å²) in [6.45, 7) is 8.62. The molecule has 0 saturated heterocycles. The number of carbonyl (C=O) groups is 3. The maximum absolute atomic E-state index is 12.9. The van der Waals surface area contributed by atoms with E-state index in [9.17, 15) is 9.59 Å². The third kappa shape index (κ3) is 2.43. The molecular weight excluding hydrogens is 324 g/mol. The Kier molecular flexibility index (Phi) is 4.94. The van der Waals surface area contributed by atoms with E-state index in [0.29, 0.717) is 30.3 Å². The Hall–Kier alpha value is -1.77. The van der Waals surface area contributed by atoms with E-state index in [0.717, 1.165) is 38.5 Å². The van der Waals surface area contributed by atoms with Gasteiger partial charge in [0.1, 0.15) is 12.6 Å². The van der Waals surface area contributed by atoms with Crippen molar-refractivity contribution < 1.29 is 14.4 Å². The van der Waals surface area contributed by atoms with Crippen molar-refractivity contribution >= 4 is 18.4 Å².